The highest BCUT2D eigenvalue weighted by Gasteiger charge is 2.16. The van der Waals surface area contributed by atoms with Gasteiger partial charge < -0.3 is 15.0 Å². The van der Waals surface area contributed by atoms with E-state index in [9.17, 15) is 4.79 Å². The van der Waals surface area contributed by atoms with Crippen LogP contribution in [0.2, 0.25) is 0 Å². The van der Waals surface area contributed by atoms with Crippen LogP contribution in [-0.2, 0) is 6.54 Å². The summed E-state index contributed by atoms with van der Waals surface area (Å²) < 4.78 is 5.01. The number of amides is 1. The third-order valence-corrected chi connectivity index (χ3v) is 3.78. The normalized spacial score (nSPS) is 13.9. The summed E-state index contributed by atoms with van der Waals surface area (Å²) in [6.45, 7) is 2.35. The van der Waals surface area contributed by atoms with Crippen molar-refractivity contribution in [1.82, 2.24) is 20.3 Å². The lowest BCUT2D eigenvalue weighted by atomic mass is 10.2. The molecule has 0 aromatic carbocycles. The number of methoxy groups -OCH3 is 1. The molecule has 7 nitrogen and oxygen atoms in total. The molecular weight excluding hydrogens is 294 g/mol. The smallest absolute Gasteiger partial charge is 0.270 e. The molecule has 0 atom stereocenters. The van der Waals surface area contributed by atoms with Crippen molar-refractivity contribution in [3.05, 3.63) is 42.0 Å². The molecule has 1 aliphatic rings. The molecule has 0 spiro atoms. The minimum Gasteiger partial charge on any atom is -0.481 e. The number of anilines is 1. The molecule has 2 aromatic rings. The Morgan fingerprint density at radius 3 is 2.78 bits per heavy atom. The van der Waals surface area contributed by atoms with Gasteiger partial charge in [0.1, 0.15) is 17.8 Å². The van der Waals surface area contributed by atoms with Crippen LogP contribution in [0.3, 0.4) is 0 Å². The van der Waals surface area contributed by atoms with Gasteiger partial charge in [-0.05, 0) is 18.4 Å². The number of pyridine rings is 1. The number of nitrogens with one attached hydrogen (secondary N) is 1. The lowest BCUT2D eigenvalue weighted by Crippen LogP contribution is -2.25. The molecule has 1 amide bonds. The first-order chi connectivity index (χ1) is 11.3. The lowest BCUT2D eigenvalue weighted by molar-refractivity contribution is 0.0945. The predicted molar refractivity (Wildman–Crippen MR) is 85.4 cm³/mol. The molecule has 2 aromatic heterocycles. The SMILES string of the molecule is COc1ccc(CNC(=O)c2cc(N3CCCC3)ncn2)cn1. The predicted octanol–water partition coefficient (Wildman–Crippen LogP) is 1.41. The van der Waals surface area contributed by atoms with Crippen LogP contribution in [0.4, 0.5) is 5.82 Å². The zero-order valence-corrected chi connectivity index (χ0v) is 13.0. The molecule has 3 heterocycles. The Morgan fingerprint density at radius 2 is 2.09 bits per heavy atom. The average molecular weight is 313 g/mol. The van der Waals surface area contributed by atoms with Crippen molar-refractivity contribution in [2.75, 3.05) is 25.1 Å². The van der Waals surface area contributed by atoms with Gasteiger partial charge in [0.15, 0.2) is 0 Å². The van der Waals surface area contributed by atoms with Crippen LogP contribution in [0.25, 0.3) is 0 Å². The van der Waals surface area contributed by atoms with Crippen LogP contribution in [0.15, 0.2) is 30.7 Å². The Balaban J connectivity index is 1.62. The van der Waals surface area contributed by atoms with E-state index >= 15 is 0 Å². The van der Waals surface area contributed by atoms with Crippen LogP contribution in [0.5, 0.6) is 5.88 Å². The van der Waals surface area contributed by atoms with E-state index in [4.69, 9.17) is 4.74 Å². The Kier molecular flexibility index (Phi) is 4.65. The van der Waals surface area contributed by atoms with Gasteiger partial charge in [0, 0.05) is 38.0 Å². The molecular formula is C16H19N5O2. The molecule has 0 radical (unpaired) electrons. The monoisotopic (exact) mass is 313 g/mol. The molecule has 120 valence electrons. The fourth-order valence-corrected chi connectivity index (χ4v) is 2.50. The second kappa shape index (κ2) is 7.04. The minimum atomic E-state index is -0.219. The van der Waals surface area contributed by atoms with Crippen molar-refractivity contribution in [3.8, 4) is 5.88 Å². The summed E-state index contributed by atoms with van der Waals surface area (Å²) in [5.41, 5.74) is 1.27. The zero-order valence-electron chi connectivity index (χ0n) is 13.0. The molecule has 0 bridgehead atoms. The first-order valence-electron chi connectivity index (χ1n) is 7.60. The quantitative estimate of drug-likeness (QED) is 0.899. The summed E-state index contributed by atoms with van der Waals surface area (Å²) in [6, 6.07) is 5.37. The molecule has 7 heteroatoms. The van der Waals surface area contributed by atoms with E-state index in [1.165, 1.54) is 6.33 Å². The first-order valence-corrected chi connectivity index (χ1v) is 7.60. The van der Waals surface area contributed by atoms with Gasteiger partial charge in [-0.3, -0.25) is 4.79 Å². The molecule has 1 N–H and O–H groups in total. The fourth-order valence-electron chi connectivity index (χ4n) is 2.50. The largest absolute Gasteiger partial charge is 0.481 e. The second-order valence-electron chi connectivity index (χ2n) is 5.35. The number of carbonyl (C=O) groups is 1. The summed E-state index contributed by atoms with van der Waals surface area (Å²) in [6.07, 6.45) is 5.44. The van der Waals surface area contributed by atoms with Gasteiger partial charge in [-0.15, -0.1) is 0 Å². The summed E-state index contributed by atoms with van der Waals surface area (Å²) in [4.78, 5) is 26.8. The maximum absolute atomic E-state index is 12.2. The van der Waals surface area contributed by atoms with Gasteiger partial charge in [-0.1, -0.05) is 6.07 Å². The molecule has 1 aliphatic heterocycles. The van der Waals surface area contributed by atoms with E-state index in [1.54, 1.807) is 25.4 Å². The van der Waals surface area contributed by atoms with Gasteiger partial charge in [-0.2, -0.15) is 0 Å². The van der Waals surface area contributed by atoms with Gasteiger partial charge in [-0.25, -0.2) is 15.0 Å². The topological polar surface area (TPSA) is 80.2 Å². The molecule has 3 rings (SSSR count). The number of rotatable bonds is 5. The molecule has 1 saturated heterocycles. The summed E-state index contributed by atoms with van der Waals surface area (Å²) in [5, 5.41) is 2.84. The molecule has 1 fully saturated rings. The highest BCUT2D eigenvalue weighted by molar-refractivity contribution is 5.92. The zero-order chi connectivity index (χ0) is 16.1. The van der Waals surface area contributed by atoms with E-state index in [0.717, 1.165) is 37.3 Å². The van der Waals surface area contributed by atoms with Gasteiger partial charge >= 0.3 is 0 Å². The van der Waals surface area contributed by atoms with Crippen LogP contribution in [-0.4, -0.2) is 41.1 Å². The number of hydrogen-bond donors (Lipinski definition) is 1. The number of carbonyl (C=O) groups excluding carboxylic acids is 1. The summed E-state index contributed by atoms with van der Waals surface area (Å²) >= 11 is 0. The maximum atomic E-state index is 12.2. The van der Waals surface area contributed by atoms with Gasteiger partial charge in [0.2, 0.25) is 5.88 Å². The Morgan fingerprint density at radius 1 is 1.26 bits per heavy atom. The first kappa shape index (κ1) is 15.2. The summed E-state index contributed by atoms with van der Waals surface area (Å²) in [7, 11) is 1.57. The molecule has 23 heavy (non-hydrogen) atoms. The Hall–Kier alpha value is -2.70. The number of nitrogens with zero attached hydrogens (tertiary/aromatic N) is 4. The van der Waals surface area contributed by atoms with Crippen LogP contribution < -0.4 is 15.0 Å². The van der Waals surface area contributed by atoms with Crippen molar-refractivity contribution in [2.45, 2.75) is 19.4 Å². The van der Waals surface area contributed by atoms with Crippen molar-refractivity contribution >= 4 is 11.7 Å². The number of aromatic nitrogens is 3. The van der Waals surface area contributed by atoms with Crippen LogP contribution in [0.1, 0.15) is 28.9 Å². The van der Waals surface area contributed by atoms with Crippen molar-refractivity contribution < 1.29 is 9.53 Å². The van der Waals surface area contributed by atoms with E-state index in [1.807, 2.05) is 6.07 Å². The highest BCUT2D eigenvalue weighted by atomic mass is 16.5. The van der Waals surface area contributed by atoms with E-state index in [-0.39, 0.29) is 5.91 Å². The number of ether oxygens (including phenoxy) is 1. The van der Waals surface area contributed by atoms with Gasteiger partial charge in [0.05, 0.1) is 7.11 Å². The molecule has 0 unspecified atom stereocenters. The minimum absolute atomic E-state index is 0.219. The Bertz CT molecular complexity index is 668. The van der Waals surface area contributed by atoms with Crippen molar-refractivity contribution in [3.63, 3.8) is 0 Å². The maximum Gasteiger partial charge on any atom is 0.270 e. The molecule has 0 saturated carbocycles. The Labute approximate surface area is 134 Å². The number of hydrogen-bond acceptors (Lipinski definition) is 6. The van der Waals surface area contributed by atoms with E-state index in [0.29, 0.717) is 18.1 Å². The average Bonchev–Trinajstić information content (AvgIpc) is 3.15. The standard InChI is InChI=1S/C16H19N5O2/c1-23-15-5-4-12(9-17-15)10-18-16(22)13-8-14(20-11-19-13)21-6-2-3-7-21/h4-5,8-9,11H,2-3,6-7,10H2,1H3,(H,18,22). The third kappa shape index (κ3) is 3.74. The fraction of sp³-hybridized carbons (Fsp3) is 0.375. The van der Waals surface area contributed by atoms with Crippen LogP contribution in [0, 0.1) is 0 Å². The van der Waals surface area contributed by atoms with Crippen LogP contribution >= 0.6 is 0 Å². The van der Waals surface area contributed by atoms with E-state index < -0.39 is 0 Å². The lowest BCUT2D eigenvalue weighted by Gasteiger charge is -2.16. The summed E-state index contributed by atoms with van der Waals surface area (Å²) in [5.74, 6) is 1.14. The van der Waals surface area contributed by atoms with Crippen molar-refractivity contribution in [1.29, 1.82) is 0 Å². The second-order valence-corrected chi connectivity index (χ2v) is 5.35. The van der Waals surface area contributed by atoms with Crippen molar-refractivity contribution in [2.24, 2.45) is 0 Å². The van der Waals surface area contributed by atoms with Gasteiger partial charge in [0.25, 0.3) is 5.91 Å². The third-order valence-electron chi connectivity index (χ3n) is 3.78. The highest BCUT2D eigenvalue weighted by Crippen LogP contribution is 2.17. The molecule has 0 aliphatic carbocycles. The van der Waals surface area contributed by atoms with E-state index in [2.05, 4.69) is 25.2 Å².